The fourth-order valence-corrected chi connectivity index (χ4v) is 1.35. The van der Waals surface area contributed by atoms with Crippen LogP contribution in [0.3, 0.4) is 0 Å². The van der Waals surface area contributed by atoms with Crippen molar-refractivity contribution in [3.8, 4) is 0 Å². The first-order valence-electron chi connectivity index (χ1n) is 4.91. The minimum atomic E-state index is -0.625. The number of methoxy groups -OCH3 is 1. The molecule has 0 aromatic carbocycles. The van der Waals surface area contributed by atoms with Crippen LogP contribution in [-0.2, 0) is 4.74 Å². The van der Waals surface area contributed by atoms with E-state index in [1.807, 2.05) is 0 Å². The van der Waals surface area contributed by atoms with Crippen LogP contribution in [0.25, 0.3) is 0 Å². The smallest absolute Gasteiger partial charge is 0.373 e. The van der Waals surface area contributed by atoms with Crippen LogP contribution in [0.5, 0.6) is 0 Å². The summed E-state index contributed by atoms with van der Waals surface area (Å²) in [6.07, 6.45) is 0. The summed E-state index contributed by atoms with van der Waals surface area (Å²) in [5.41, 5.74) is 0. The number of carbonyl (C=O) groups excluding carboxylic acids is 2. The highest BCUT2D eigenvalue weighted by molar-refractivity contribution is 6.05. The zero-order valence-corrected chi connectivity index (χ0v) is 9.35. The minimum Gasteiger partial charge on any atom is -0.463 e. The van der Waals surface area contributed by atoms with Crippen molar-refractivity contribution in [1.82, 2.24) is 0 Å². The Kier molecular flexibility index (Phi) is 2.82. The number of aryl methyl sites for hydroxylation is 1. The van der Waals surface area contributed by atoms with Gasteiger partial charge >= 0.3 is 5.97 Å². The number of esters is 1. The summed E-state index contributed by atoms with van der Waals surface area (Å²) in [6.45, 7) is 1.73. The summed E-state index contributed by atoms with van der Waals surface area (Å²) in [6, 6.07) is 6.02. The quantitative estimate of drug-likeness (QED) is 0.601. The zero-order valence-electron chi connectivity index (χ0n) is 9.35. The van der Waals surface area contributed by atoms with Crippen molar-refractivity contribution in [2.45, 2.75) is 6.92 Å². The number of hydrogen-bond acceptors (Lipinski definition) is 5. The van der Waals surface area contributed by atoms with Crippen molar-refractivity contribution in [2.75, 3.05) is 7.11 Å². The molecule has 0 aliphatic heterocycles. The molecule has 0 saturated heterocycles. The first-order valence-corrected chi connectivity index (χ1v) is 4.91. The number of ketones is 1. The minimum absolute atomic E-state index is 0.0147. The van der Waals surface area contributed by atoms with Gasteiger partial charge in [0.25, 0.3) is 5.78 Å². The van der Waals surface area contributed by atoms with Crippen molar-refractivity contribution in [3.63, 3.8) is 0 Å². The average molecular weight is 234 g/mol. The molecule has 88 valence electrons. The molecule has 0 amide bonds. The first kappa shape index (κ1) is 11.2. The monoisotopic (exact) mass is 234 g/mol. The second-order valence-corrected chi connectivity index (χ2v) is 3.39. The van der Waals surface area contributed by atoms with E-state index in [0.29, 0.717) is 5.76 Å². The molecule has 0 spiro atoms. The molecule has 0 radical (unpaired) electrons. The molecule has 0 bridgehead atoms. The number of furan rings is 2. The van der Waals surface area contributed by atoms with Crippen molar-refractivity contribution < 1.29 is 23.2 Å². The van der Waals surface area contributed by atoms with Crippen molar-refractivity contribution >= 4 is 11.8 Å². The molecule has 2 heterocycles. The Hall–Kier alpha value is -2.30. The maximum atomic E-state index is 11.8. The molecule has 2 aromatic rings. The maximum absolute atomic E-state index is 11.8. The van der Waals surface area contributed by atoms with E-state index in [9.17, 15) is 9.59 Å². The fourth-order valence-electron chi connectivity index (χ4n) is 1.35. The van der Waals surface area contributed by atoms with Crippen molar-refractivity contribution in [2.24, 2.45) is 0 Å². The fraction of sp³-hybridized carbons (Fsp3) is 0.167. The highest BCUT2D eigenvalue weighted by Gasteiger charge is 2.19. The Bertz CT molecular complexity index is 561. The topological polar surface area (TPSA) is 69.7 Å². The third kappa shape index (κ3) is 2.13. The lowest BCUT2D eigenvalue weighted by molar-refractivity contribution is 0.0563. The Morgan fingerprint density at radius 2 is 1.59 bits per heavy atom. The Balaban J connectivity index is 2.26. The van der Waals surface area contributed by atoms with Gasteiger partial charge < -0.3 is 13.6 Å². The summed E-state index contributed by atoms with van der Waals surface area (Å²) < 4.78 is 14.7. The molecule has 17 heavy (non-hydrogen) atoms. The van der Waals surface area contributed by atoms with E-state index in [4.69, 9.17) is 8.83 Å². The number of rotatable bonds is 3. The summed E-state index contributed by atoms with van der Waals surface area (Å²) in [5, 5.41) is 0. The van der Waals surface area contributed by atoms with Crippen LogP contribution in [0.1, 0.15) is 32.6 Å². The Labute approximate surface area is 97.0 Å². The molecule has 2 rings (SSSR count). The van der Waals surface area contributed by atoms with E-state index in [-0.39, 0.29) is 17.3 Å². The van der Waals surface area contributed by atoms with Crippen LogP contribution in [0.2, 0.25) is 0 Å². The van der Waals surface area contributed by atoms with E-state index in [2.05, 4.69) is 4.74 Å². The molecule has 2 aromatic heterocycles. The van der Waals surface area contributed by atoms with Crippen LogP contribution >= 0.6 is 0 Å². The Morgan fingerprint density at radius 3 is 2.18 bits per heavy atom. The average Bonchev–Trinajstić information content (AvgIpc) is 2.95. The van der Waals surface area contributed by atoms with Gasteiger partial charge in [-0.2, -0.15) is 0 Å². The van der Waals surface area contributed by atoms with Gasteiger partial charge in [-0.15, -0.1) is 0 Å². The van der Waals surface area contributed by atoms with Gasteiger partial charge in [-0.25, -0.2) is 4.79 Å². The summed E-state index contributed by atoms with van der Waals surface area (Å²) in [7, 11) is 1.24. The second kappa shape index (κ2) is 4.29. The summed E-state index contributed by atoms with van der Waals surface area (Å²) >= 11 is 0. The highest BCUT2D eigenvalue weighted by atomic mass is 16.5. The molecular formula is C12H10O5. The molecule has 0 fully saturated rings. The number of carbonyl (C=O) groups is 2. The molecule has 5 nitrogen and oxygen atoms in total. The summed E-state index contributed by atoms with van der Waals surface area (Å²) in [5.74, 6) is -0.201. The van der Waals surface area contributed by atoms with Crippen molar-refractivity contribution in [1.29, 1.82) is 0 Å². The van der Waals surface area contributed by atoms with Gasteiger partial charge in [0.05, 0.1) is 7.11 Å². The van der Waals surface area contributed by atoms with E-state index in [1.165, 1.54) is 19.2 Å². The van der Waals surface area contributed by atoms with Gasteiger partial charge in [0.1, 0.15) is 5.76 Å². The predicted octanol–water partition coefficient (Wildman–Crippen LogP) is 2.20. The predicted molar refractivity (Wildman–Crippen MR) is 56.9 cm³/mol. The molecular weight excluding hydrogens is 224 g/mol. The molecule has 0 N–H and O–H groups in total. The third-order valence-electron chi connectivity index (χ3n) is 2.18. The Morgan fingerprint density at radius 1 is 1.00 bits per heavy atom. The van der Waals surface area contributed by atoms with E-state index in [0.717, 1.165) is 0 Å². The maximum Gasteiger partial charge on any atom is 0.373 e. The van der Waals surface area contributed by atoms with Gasteiger partial charge in [-0.1, -0.05) is 0 Å². The molecule has 5 heteroatoms. The van der Waals surface area contributed by atoms with Crippen LogP contribution in [0.15, 0.2) is 33.1 Å². The first-order chi connectivity index (χ1) is 8.11. The molecule has 0 aliphatic rings. The largest absolute Gasteiger partial charge is 0.463 e. The lowest BCUT2D eigenvalue weighted by Gasteiger charge is -1.94. The van der Waals surface area contributed by atoms with Crippen LogP contribution in [0, 0.1) is 6.92 Å². The third-order valence-corrected chi connectivity index (χ3v) is 2.18. The SMILES string of the molecule is COC(=O)c1ccc(C(=O)c2ccc(C)o2)o1. The normalized spacial score (nSPS) is 10.2. The number of hydrogen-bond donors (Lipinski definition) is 0. The standard InChI is InChI=1S/C12H10O5/c1-7-3-4-8(16-7)11(13)9-5-6-10(17-9)12(14)15-2/h3-6H,1-2H3. The van der Waals surface area contributed by atoms with E-state index < -0.39 is 11.8 Å². The van der Waals surface area contributed by atoms with Gasteiger partial charge in [0, 0.05) is 0 Å². The van der Waals surface area contributed by atoms with E-state index >= 15 is 0 Å². The molecule has 0 aliphatic carbocycles. The van der Waals surface area contributed by atoms with Crippen molar-refractivity contribution in [3.05, 3.63) is 47.3 Å². The lowest BCUT2D eigenvalue weighted by atomic mass is 10.2. The lowest BCUT2D eigenvalue weighted by Crippen LogP contribution is -2.00. The van der Waals surface area contributed by atoms with E-state index in [1.54, 1.807) is 19.1 Å². The van der Waals surface area contributed by atoms with Gasteiger partial charge in [0.2, 0.25) is 5.76 Å². The number of ether oxygens (including phenoxy) is 1. The molecule has 0 unspecified atom stereocenters. The van der Waals surface area contributed by atoms with Crippen LogP contribution in [-0.4, -0.2) is 18.9 Å². The highest BCUT2D eigenvalue weighted by Crippen LogP contribution is 2.16. The van der Waals surface area contributed by atoms with Crippen LogP contribution < -0.4 is 0 Å². The van der Waals surface area contributed by atoms with Gasteiger partial charge in [-0.05, 0) is 31.2 Å². The zero-order chi connectivity index (χ0) is 12.4. The summed E-state index contributed by atoms with van der Waals surface area (Å²) in [4.78, 5) is 23.0. The molecule has 0 saturated carbocycles. The molecule has 0 atom stereocenters. The van der Waals surface area contributed by atoms with Gasteiger partial charge in [-0.3, -0.25) is 4.79 Å². The van der Waals surface area contributed by atoms with Crippen LogP contribution in [0.4, 0.5) is 0 Å². The second-order valence-electron chi connectivity index (χ2n) is 3.39. The van der Waals surface area contributed by atoms with Gasteiger partial charge in [0.15, 0.2) is 11.5 Å².